The number of ketones is 1. The summed E-state index contributed by atoms with van der Waals surface area (Å²) in [6.07, 6.45) is 7.27. The molecule has 9 heavy (non-hydrogen) atoms. The first-order chi connectivity index (χ1) is 4.34. The highest BCUT2D eigenvalue weighted by Gasteiger charge is 2.28. The number of carbonyl (C=O) groups is 1. The van der Waals surface area contributed by atoms with Gasteiger partial charge >= 0.3 is 0 Å². The average Bonchev–Trinajstić information content (AvgIpc) is 2.11. The van der Waals surface area contributed by atoms with Crippen LogP contribution < -0.4 is 0 Å². The molecule has 1 fully saturated rings. The van der Waals surface area contributed by atoms with Crippen molar-refractivity contribution in [3.8, 4) is 0 Å². The third kappa shape index (κ3) is 0.805. The summed E-state index contributed by atoms with van der Waals surface area (Å²) in [5.41, 5.74) is 0. The second-order valence-electron chi connectivity index (χ2n) is 3.09. The maximum Gasteiger partial charge on any atom is 0.134 e. The van der Waals surface area contributed by atoms with Gasteiger partial charge in [0.05, 0.1) is 0 Å². The van der Waals surface area contributed by atoms with Gasteiger partial charge in [-0.15, -0.1) is 0 Å². The zero-order chi connectivity index (χ0) is 6.27. The van der Waals surface area contributed by atoms with Crippen LogP contribution in [-0.2, 0) is 4.79 Å². The molecule has 2 rings (SSSR count). The molecule has 0 N–H and O–H groups in total. The molecule has 48 valence electrons. The standard InChI is InChI=1S/C8H10O/c9-8-4-6-1-2-7(3-6)5-8/h1-2,6-7H,3-5H2/t6-,7-/m0/s1. The molecule has 1 heteroatoms. The molecule has 0 amide bonds. The molecule has 0 unspecified atom stereocenters. The van der Waals surface area contributed by atoms with Crippen LogP contribution in [0.1, 0.15) is 19.3 Å². The van der Waals surface area contributed by atoms with Crippen molar-refractivity contribution < 1.29 is 4.79 Å². The minimum Gasteiger partial charge on any atom is -0.300 e. The van der Waals surface area contributed by atoms with E-state index in [1.165, 1.54) is 6.42 Å². The first-order valence-electron chi connectivity index (χ1n) is 3.54. The maximum atomic E-state index is 10.9. The molecule has 0 heterocycles. The number of Topliss-reactive ketones (excluding diaryl/α,β-unsaturated/α-hetero) is 1. The molecule has 2 bridgehead atoms. The number of rotatable bonds is 0. The highest BCUT2D eigenvalue weighted by Crippen LogP contribution is 2.34. The molecule has 2 atom stereocenters. The van der Waals surface area contributed by atoms with E-state index in [0.29, 0.717) is 17.6 Å². The summed E-state index contributed by atoms with van der Waals surface area (Å²) >= 11 is 0. The Bertz CT molecular complexity index is 153. The van der Waals surface area contributed by atoms with Gasteiger partial charge in [0.25, 0.3) is 0 Å². The third-order valence-corrected chi connectivity index (χ3v) is 2.24. The lowest BCUT2D eigenvalue weighted by atomic mass is 9.87. The summed E-state index contributed by atoms with van der Waals surface area (Å²) in [6, 6.07) is 0. The summed E-state index contributed by atoms with van der Waals surface area (Å²) in [5, 5.41) is 0. The Morgan fingerprint density at radius 2 is 1.78 bits per heavy atom. The zero-order valence-electron chi connectivity index (χ0n) is 5.34. The van der Waals surface area contributed by atoms with Gasteiger partial charge in [-0.25, -0.2) is 0 Å². The van der Waals surface area contributed by atoms with E-state index in [1.54, 1.807) is 0 Å². The fourth-order valence-electron chi connectivity index (χ4n) is 1.83. The van der Waals surface area contributed by atoms with Crippen molar-refractivity contribution in [2.45, 2.75) is 19.3 Å². The molecule has 0 aliphatic heterocycles. The third-order valence-electron chi connectivity index (χ3n) is 2.24. The fourth-order valence-corrected chi connectivity index (χ4v) is 1.83. The molecule has 0 spiro atoms. The molecule has 0 saturated heterocycles. The molecule has 2 aliphatic carbocycles. The normalized spacial score (nSPS) is 39.8. The molecular weight excluding hydrogens is 112 g/mol. The van der Waals surface area contributed by atoms with Crippen molar-refractivity contribution in [3.05, 3.63) is 12.2 Å². The Balaban J connectivity index is 2.18. The molecule has 2 aliphatic rings. The Kier molecular flexibility index (Phi) is 0.981. The summed E-state index contributed by atoms with van der Waals surface area (Å²) < 4.78 is 0. The number of hydrogen-bond donors (Lipinski definition) is 0. The summed E-state index contributed by atoms with van der Waals surface area (Å²) in [6.45, 7) is 0. The van der Waals surface area contributed by atoms with E-state index in [2.05, 4.69) is 12.2 Å². The Morgan fingerprint density at radius 1 is 1.22 bits per heavy atom. The average molecular weight is 122 g/mol. The van der Waals surface area contributed by atoms with Gasteiger partial charge in [0.1, 0.15) is 5.78 Å². The van der Waals surface area contributed by atoms with E-state index in [0.717, 1.165) is 12.8 Å². The van der Waals surface area contributed by atoms with E-state index < -0.39 is 0 Å². The minimum absolute atomic E-state index is 0.459. The Hall–Kier alpha value is -0.590. The van der Waals surface area contributed by atoms with Crippen molar-refractivity contribution >= 4 is 5.78 Å². The van der Waals surface area contributed by atoms with Crippen molar-refractivity contribution in [1.82, 2.24) is 0 Å². The second kappa shape index (κ2) is 1.69. The lowest BCUT2D eigenvalue weighted by Crippen LogP contribution is -2.15. The smallest absolute Gasteiger partial charge is 0.134 e. The van der Waals surface area contributed by atoms with Crippen molar-refractivity contribution in [2.75, 3.05) is 0 Å². The van der Waals surface area contributed by atoms with Crippen LogP contribution in [0.3, 0.4) is 0 Å². The Morgan fingerprint density at radius 3 is 2.33 bits per heavy atom. The van der Waals surface area contributed by atoms with Crippen LogP contribution in [-0.4, -0.2) is 5.78 Å². The molecule has 0 aromatic rings. The van der Waals surface area contributed by atoms with Crippen LogP contribution in [0, 0.1) is 11.8 Å². The van der Waals surface area contributed by atoms with Gasteiger partial charge in [-0.3, -0.25) is 4.79 Å². The van der Waals surface area contributed by atoms with E-state index >= 15 is 0 Å². The first kappa shape index (κ1) is 5.21. The van der Waals surface area contributed by atoms with Crippen LogP contribution in [0.15, 0.2) is 12.2 Å². The Labute approximate surface area is 54.8 Å². The first-order valence-corrected chi connectivity index (χ1v) is 3.54. The van der Waals surface area contributed by atoms with Gasteiger partial charge in [0.15, 0.2) is 0 Å². The lowest BCUT2D eigenvalue weighted by molar-refractivity contribution is -0.121. The predicted octanol–water partition coefficient (Wildman–Crippen LogP) is 1.54. The fraction of sp³-hybridized carbons (Fsp3) is 0.625. The molecule has 0 radical (unpaired) electrons. The quantitative estimate of drug-likeness (QED) is 0.445. The molecule has 1 saturated carbocycles. The molecular formula is C8H10O. The highest BCUT2D eigenvalue weighted by atomic mass is 16.1. The predicted molar refractivity (Wildman–Crippen MR) is 35.0 cm³/mol. The number of fused-ring (bicyclic) bond motifs is 2. The van der Waals surface area contributed by atoms with Crippen LogP contribution in [0.4, 0.5) is 0 Å². The van der Waals surface area contributed by atoms with Crippen molar-refractivity contribution in [1.29, 1.82) is 0 Å². The SMILES string of the molecule is O=C1C[C@H]2C=C[C@H](C1)C2. The van der Waals surface area contributed by atoms with Crippen molar-refractivity contribution in [3.63, 3.8) is 0 Å². The maximum absolute atomic E-state index is 10.9. The monoisotopic (exact) mass is 122 g/mol. The van der Waals surface area contributed by atoms with Gasteiger partial charge in [-0.2, -0.15) is 0 Å². The molecule has 0 aromatic heterocycles. The lowest BCUT2D eigenvalue weighted by Gasteiger charge is -2.16. The summed E-state index contributed by atoms with van der Waals surface area (Å²) in [7, 11) is 0. The van der Waals surface area contributed by atoms with E-state index in [-0.39, 0.29) is 0 Å². The van der Waals surface area contributed by atoms with Crippen LogP contribution in [0.5, 0.6) is 0 Å². The van der Waals surface area contributed by atoms with Crippen molar-refractivity contribution in [2.24, 2.45) is 11.8 Å². The minimum atomic E-state index is 0.459. The second-order valence-corrected chi connectivity index (χ2v) is 3.09. The van der Waals surface area contributed by atoms with Crippen LogP contribution in [0.25, 0.3) is 0 Å². The van der Waals surface area contributed by atoms with Gasteiger partial charge in [0, 0.05) is 12.8 Å². The van der Waals surface area contributed by atoms with E-state index in [4.69, 9.17) is 0 Å². The van der Waals surface area contributed by atoms with Gasteiger partial charge in [-0.1, -0.05) is 12.2 Å². The van der Waals surface area contributed by atoms with Gasteiger partial charge in [0.2, 0.25) is 0 Å². The summed E-state index contributed by atoms with van der Waals surface area (Å²) in [5.74, 6) is 1.67. The van der Waals surface area contributed by atoms with E-state index in [1.807, 2.05) is 0 Å². The highest BCUT2D eigenvalue weighted by molar-refractivity contribution is 5.80. The van der Waals surface area contributed by atoms with E-state index in [9.17, 15) is 4.79 Å². The number of hydrogen-bond acceptors (Lipinski definition) is 1. The van der Waals surface area contributed by atoms with Gasteiger partial charge in [-0.05, 0) is 18.3 Å². The number of allylic oxidation sites excluding steroid dienone is 2. The van der Waals surface area contributed by atoms with Crippen LogP contribution >= 0.6 is 0 Å². The largest absolute Gasteiger partial charge is 0.300 e. The zero-order valence-corrected chi connectivity index (χ0v) is 5.34. The number of carbonyl (C=O) groups excluding carboxylic acids is 1. The summed E-state index contributed by atoms with van der Waals surface area (Å²) in [4.78, 5) is 10.9. The van der Waals surface area contributed by atoms with Gasteiger partial charge < -0.3 is 0 Å². The molecule has 1 nitrogen and oxygen atoms in total. The molecule has 0 aromatic carbocycles. The van der Waals surface area contributed by atoms with Crippen LogP contribution in [0.2, 0.25) is 0 Å². The topological polar surface area (TPSA) is 17.1 Å².